The Morgan fingerprint density at radius 2 is 1.76 bits per heavy atom. The Kier molecular flexibility index (Phi) is 5.26. The summed E-state index contributed by atoms with van der Waals surface area (Å²) in [4.78, 5) is 19.8. The Morgan fingerprint density at radius 3 is 2.38 bits per heavy atom. The van der Waals surface area contributed by atoms with Gasteiger partial charge in [-0.1, -0.05) is 11.3 Å². The second kappa shape index (κ2) is 7.72. The van der Waals surface area contributed by atoms with Gasteiger partial charge in [0.2, 0.25) is 0 Å². The largest absolute Gasteiger partial charge is 0.338 e. The monoisotopic (exact) mass is 433 g/mol. The van der Waals surface area contributed by atoms with E-state index in [1.54, 1.807) is 4.90 Å². The van der Waals surface area contributed by atoms with Crippen molar-refractivity contribution in [2.45, 2.75) is 29.9 Å². The van der Waals surface area contributed by atoms with E-state index in [1.165, 1.54) is 23.5 Å². The highest BCUT2D eigenvalue weighted by Crippen LogP contribution is 2.28. The van der Waals surface area contributed by atoms with E-state index in [-0.39, 0.29) is 10.8 Å². The molecule has 1 amide bonds. The molecule has 0 aliphatic carbocycles. The zero-order valence-electron chi connectivity index (χ0n) is 15.8. The van der Waals surface area contributed by atoms with Crippen molar-refractivity contribution in [1.82, 2.24) is 14.5 Å². The number of benzene rings is 1. The Labute approximate surface area is 172 Å². The molecule has 3 aromatic rings. The summed E-state index contributed by atoms with van der Waals surface area (Å²) in [5.41, 5.74) is 0.671. The first-order valence-corrected chi connectivity index (χ1v) is 11.6. The predicted octanol–water partition coefficient (Wildman–Crippen LogP) is 3.46. The van der Waals surface area contributed by atoms with Gasteiger partial charge in [-0.25, -0.2) is 17.8 Å². The van der Waals surface area contributed by atoms with Gasteiger partial charge in [0.05, 0.1) is 15.8 Å². The maximum absolute atomic E-state index is 13.1. The molecular weight excluding hydrogens is 413 g/mol. The van der Waals surface area contributed by atoms with Gasteiger partial charge in [0.25, 0.3) is 5.91 Å². The lowest BCUT2D eigenvalue weighted by Crippen LogP contribution is -2.42. The van der Waals surface area contributed by atoms with Crippen molar-refractivity contribution in [3.63, 3.8) is 0 Å². The molecule has 0 bridgehead atoms. The molecule has 1 aliphatic rings. The lowest BCUT2D eigenvalue weighted by Gasteiger charge is -2.31. The fraction of sp³-hybridized carbons (Fsp3) is 0.300. The summed E-state index contributed by atoms with van der Waals surface area (Å²) in [6.45, 7) is 2.53. The van der Waals surface area contributed by atoms with Crippen LogP contribution in [0, 0.1) is 12.7 Å². The number of hydrogen-bond acceptors (Lipinski definition) is 5. The molecule has 152 valence electrons. The highest BCUT2D eigenvalue weighted by molar-refractivity contribution is 7.92. The lowest BCUT2D eigenvalue weighted by atomic mass is 10.1. The van der Waals surface area contributed by atoms with E-state index in [4.69, 9.17) is 0 Å². The van der Waals surface area contributed by atoms with E-state index in [2.05, 4.69) is 4.98 Å². The van der Waals surface area contributed by atoms with Crippen LogP contribution in [0.25, 0.3) is 5.13 Å². The zero-order valence-corrected chi connectivity index (χ0v) is 17.4. The maximum atomic E-state index is 13.1. The van der Waals surface area contributed by atoms with Gasteiger partial charge in [-0.05, 0) is 56.2 Å². The van der Waals surface area contributed by atoms with Crippen LogP contribution in [-0.4, -0.2) is 47.1 Å². The summed E-state index contributed by atoms with van der Waals surface area (Å²) in [5.74, 6) is -0.584. The van der Waals surface area contributed by atoms with E-state index in [1.807, 2.05) is 36.0 Å². The van der Waals surface area contributed by atoms with E-state index >= 15 is 0 Å². The van der Waals surface area contributed by atoms with Gasteiger partial charge in [-0.2, -0.15) is 0 Å². The Hall–Kier alpha value is -2.52. The van der Waals surface area contributed by atoms with Crippen molar-refractivity contribution in [2.24, 2.45) is 0 Å². The number of likely N-dealkylation sites (tertiary alicyclic amines) is 1. The van der Waals surface area contributed by atoms with Crippen LogP contribution in [0.5, 0.6) is 0 Å². The molecule has 6 nitrogen and oxygen atoms in total. The number of nitrogens with zero attached hydrogens (tertiary/aromatic N) is 3. The number of aromatic nitrogens is 2. The van der Waals surface area contributed by atoms with Gasteiger partial charge in [0, 0.05) is 25.5 Å². The molecule has 0 spiro atoms. The highest BCUT2D eigenvalue weighted by atomic mass is 32.2. The number of rotatable bonds is 4. The first-order valence-electron chi connectivity index (χ1n) is 9.26. The minimum absolute atomic E-state index is 0.115. The second-order valence-electron chi connectivity index (χ2n) is 6.99. The predicted molar refractivity (Wildman–Crippen MR) is 109 cm³/mol. The summed E-state index contributed by atoms with van der Waals surface area (Å²) in [5, 5.41) is 0.152. The Morgan fingerprint density at radius 1 is 1.14 bits per heavy atom. The molecule has 4 rings (SSSR count). The minimum atomic E-state index is -3.54. The van der Waals surface area contributed by atoms with Crippen LogP contribution in [0.3, 0.4) is 0 Å². The molecule has 9 heteroatoms. The van der Waals surface area contributed by atoms with E-state index in [0.29, 0.717) is 36.5 Å². The molecule has 1 saturated heterocycles. The topological polar surface area (TPSA) is 72.3 Å². The highest BCUT2D eigenvalue weighted by Gasteiger charge is 2.34. The van der Waals surface area contributed by atoms with Crippen LogP contribution >= 0.6 is 11.3 Å². The summed E-state index contributed by atoms with van der Waals surface area (Å²) >= 11 is 1.33. The van der Waals surface area contributed by atoms with Gasteiger partial charge in [-0.15, -0.1) is 0 Å². The van der Waals surface area contributed by atoms with Crippen molar-refractivity contribution in [2.75, 3.05) is 13.1 Å². The van der Waals surface area contributed by atoms with Gasteiger partial charge >= 0.3 is 0 Å². The first-order chi connectivity index (χ1) is 13.9. The van der Waals surface area contributed by atoms with Crippen molar-refractivity contribution in [3.05, 3.63) is 65.2 Å². The number of sulfone groups is 1. The van der Waals surface area contributed by atoms with Gasteiger partial charge in [0.15, 0.2) is 15.0 Å². The minimum Gasteiger partial charge on any atom is -0.338 e. The van der Waals surface area contributed by atoms with Gasteiger partial charge in [0.1, 0.15) is 10.7 Å². The standard InChI is InChI=1S/C20H20FN3O3S2/c1-14-18(28-20(22-14)24-10-2-3-11-24)19(25)23-12-8-17(9-13-23)29(26,27)16-6-4-15(21)5-7-16/h2-7,10-11,17H,8-9,12-13H2,1H3. The molecule has 1 fully saturated rings. The van der Waals surface area contributed by atoms with Gasteiger partial charge < -0.3 is 9.47 Å². The molecule has 0 N–H and O–H groups in total. The summed E-state index contributed by atoms with van der Waals surface area (Å²) in [7, 11) is -3.54. The van der Waals surface area contributed by atoms with Crippen molar-refractivity contribution < 1.29 is 17.6 Å². The molecule has 1 aliphatic heterocycles. The van der Waals surface area contributed by atoms with Crippen LogP contribution < -0.4 is 0 Å². The number of thiazole rings is 1. The second-order valence-corrected chi connectivity index (χ2v) is 10.2. The maximum Gasteiger partial charge on any atom is 0.265 e. The van der Waals surface area contributed by atoms with Crippen LogP contribution in [0.2, 0.25) is 0 Å². The molecule has 3 heterocycles. The number of amides is 1. The average molecular weight is 434 g/mol. The SMILES string of the molecule is Cc1nc(-n2cccc2)sc1C(=O)N1CCC(S(=O)(=O)c2ccc(F)cc2)CC1. The Bertz CT molecular complexity index is 1110. The Balaban J connectivity index is 1.46. The first kappa shape index (κ1) is 19.8. The summed E-state index contributed by atoms with van der Waals surface area (Å²) < 4.78 is 40.5. The van der Waals surface area contributed by atoms with Crippen LogP contribution in [0.1, 0.15) is 28.2 Å². The van der Waals surface area contributed by atoms with Crippen molar-refractivity contribution in [1.29, 1.82) is 0 Å². The van der Waals surface area contributed by atoms with E-state index in [9.17, 15) is 17.6 Å². The molecular formula is C20H20FN3O3S2. The van der Waals surface area contributed by atoms with Gasteiger partial charge in [-0.3, -0.25) is 4.79 Å². The molecule has 1 aromatic carbocycles. The van der Waals surface area contributed by atoms with Crippen molar-refractivity contribution >= 4 is 27.1 Å². The quantitative estimate of drug-likeness (QED) is 0.591. The fourth-order valence-corrected chi connectivity index (χ4v) is 6.22. The fourth-order valence-electron chi connectivity index (χ4n) is 3.48. The number of carbonyl (C=O) groups excluding carboxylic acids is 1. The summed E-state index contributed by atoms with van der Waals surface area (Å²) in [6, 6.07) is 8.69. The number of aryl methyl sites for hydroxylation is 1. The third kappa shape index (κ3) is 3.84. The van der Waals surface area contributed by atoms with Crippen LogP contribution in [-0.2, 0) is 9.84 Å². The number of carbonyl (C=O) groups is 1. The zero-order chi connectivity index (χ0) is 20.6. The number of hydrogen-bond donors (Lipinski definition) is 0. The third-order valence-corrected chi connectivity index (χ3v) is 8.55. The molecule has 0 saturated carbocycles. The molecule has 0 atom stereocenters. The number of piperidine rings is 1. The smallest absolute Gasteiger partial charge is 0.265 e. The van der Waals surface area contributed by atoms with E-state index < -0.39 is 20.9 Å². The van der Waals surface area contributed by atoms with Crippen molar-refractivity contribution in [3.8, 4) is 5.13 Å². The van der Waals surface area contributed by atoms with Crippen LogP contribution in [0.4, 0.5) is 4.39 Å². The molecule has 2 aromatic heterocycles. The van der Waals surface area contributed by atoms with Crippen LogP contribution in [0.15, 0.2) is 53.7 Å². The third-order valence-electron chi connectivity index (χ3n) is 5.12. The summed E-state index contributed by atoms with van der Waals surface area (Å²) in [6.07, 6.45) is 4.46. The van der Waals surface area contributed by atoms with E-state index in [0.717, 1.165) is 17.3 Å². The molecule has 0 radical (unpaired) electrons. The average Bonchev–Trinajstić information content (AvgIpc) is 3.37. The molecule has 0 unspecified atom stereocenters. The normalized spacial score (nSPS) is 15.6. The number of halogens is 1. The lowest BCUT2D eigenvalue weighted by molar-refractivity contribution is 0.0729. The molecule has 29 heavy (non-hydrogen) atoms.